The summed E-state index contributed by atoms with van der Waals surface area (Å²) in [6.07, 6.45) is 1.48. The van der Waals surface area contributed by atoms with Crippen molar-refractivity contribution in [2.45, 2.75) is 6.61 Å². The van der Waals surface area contributed by atoms with Gasteiger partial charge in [-0.25, -0.2) is 9.97 Å². The molecule has 53 valence electrons. The number of methoxy groups -OCH3 is 1. The predicted octanol–water partition coefficient (Wildman–Crippen LogP) is 1.08. The van der Waals surface area contributed by atoms with Crippen LogP contribution in [0.15, 0.2) is 6.20 Å². The molecule has 1 aromatic heterocycles. The number of nitrogens with zero attached hydrogens (tertiary/aromatic N) is 2. The standard InChI is InChI=1S/C6H6ClN2O/c1-10-4-6-8-3-2-5(7)9-6/h3H,4H2,1H3. The van der Waals surface area contributed by atoms with Crippen LogP contribution >= 0.6 is 11.6 Å². The third kappa shape index (κ3) is 1.93. The van der Waals surface area contributed by atoms with E-state index in [1.807, 2.05) is 0 Å². The van der Waals surface area contributed by atoms with Gasteiger partial charge in [0.25, 0.3) is 0 Å². The fourth-order valence-electron chi connectivity index (χ4n) is 0.533. The zero-order valence-electron chi connectivity index (χ0n) is 5.47. The molecular weight excluding hydrogens is 152 g/mol. The molecule has 0 N–H and O–H groups in total. The predicted molar refractivity (Wildman–Crippen MR) is 36.6 cm³/mol. The summed E-state index contributed by atoms with van der Waals surface area (Å²) in [4.78, 5) is 7.69. The van der Waals surface area contributed by atoms with Gasteiger partial charge in [-0.1, -0.05) is 11.6 Å². The zero-order chi connectivity index (χ0) is 7.40. The Morgan fingerprint density at radius 2 is 2.60 bits per heavy atom. The molecule has 1 radical (unpaired) electrons. The number of hydrogen-bond acceptors (Lipinski definition) is 3. The largest absolute Gasteiger partial charge is 0.377 e. The first-order valence-electron chi connectivity index (χ1n) is 2.71. The highest BCUT2D eigenvalue weighted by atomic mass is 35.5. The van der Waals surface area contributed by atoms with Crippen molar-refractivity contribution in [2.75, 3.05) is 7.11 Å². The Morgan fingerprint density at radius 1 is 1.80 bits per heavy atom. The molecule has 0 bridgehead atoms. The van der Waals surface area contributed by atoms with Gasteiger partial charge in [0.05, 0.1) is 0 Å². The normalized spacial score (nSPS) is 9.80. The summed E-state index contributed by atoms with van der Waals surface area (Å²) in [5.74, 6) is 0.575. The van der Waals surface area contributed by atoms with Crippen LogP contribution in [0.3, 0.4) is 0 Å². The van der Waals surface area contributed by atoms with E-state index < -0.39 is 0 Å². The Hall–Kier alpha value is -0.670. The van der Waals surface area contributed by atoms with Crippen molar-refractivity contribution in [3.63, 3.8) is 0 Å². The Morgan fingerprint density at radius 3 is 3.20 bits per heavy atom. The molecule has 4 heteroatoms. The third-order valence-electron chi connectivity index (χ3n) is 0.898. The molecule has 0 saturated carbocycles. The monoisotopic (exact) mass is 157 g/mol. The second-order valence-electron chi connectivity index (χ2n) is 1.65. The minimum absolute atomic E-state index is 0.321. The fourth-order valence-corrected chi connectivity index (χ4v) is 0.679. The molecule has 0 aliphatic carbocycles. The molecule has 10 heavy (non-hydrogen) atoms. The number of aromatic nitrogens is 2. The minimum Gasteiger partial charge on any atom is -0.377 e. The van der Waals surface area contributed by atoms with Gasteiger partial charge in [-0.05, 0) is 0 Å². The summed E-state index contributed by atoms with van der Waals surface area (Å²) < 4.78 is 4.79. The van der Waals surface area contributed by atoms with Crippen molar-refractivity contribution < 1.29 is 4.74 Å². The average Bonchev–Trinajstić information content (AvgIpc) is 1.88. The Labute approximate surface area is 64.0 Å². The summed E-state index contributed by atoms with van der Waals surface area (Å²) in [6.45, 7) is 0.383. The van der Waals surface area contributed by atoms with Crippen molar-refractivity contribution in [1.29, 1.82) is 0 Å². The van der Waals surface area contributed by atoms with Crippen molar-refractivity contribution >= 4 is 11.6 Å². The lowest BCUT2D eigenvalue weighted by molar-refractivity contribution is 0.177. The lowest BCUT2D eigenvalue weighted by Gasteiger charge is -1.95. The zero-order valence-corrected chi connectivity index (χ0v) is 6.22. The number of halogens is 1. The van der Waals surface area contributed by atoms with E-state index in [1.54, 1.807) is 7.11 Å². The first-order chi connectivity index (χ1) is 4.83. The summed E-state index contributed by atoms with van der Waals surface area (Å²) in [7, 11) is 1.58. The summed E-state index contributed by atoms with van der Waals surface area (Å²) in [5, 5.41) is 0.321. The third-order valence-corrected chi connectivity index (χ3v) is 1.09. The van der Waals surface area contributed by atoms with Crippen molar-refractivity contribution in [3.8, 4) is 0 Å². The van der Waals surface area contributed by atoms with Crippen molar-refractivity contribution in [2.24, 2.45) is 0 Å². The van der Waals surface area contributed by atoms with Gasteiger partial charge >= 0.3 is 0 Å². The molecule has 0 aromatic carbocycles. The lowest BCUT2D eigenvalue weighted by atomic mass is 10.6. The Balaban J connectivity index is 2.75. The van der Waals surface area contributed by atoms with Gasteiger partial charge in [0, 0.05) is 19.4 Å². The van der Waals surface area contributed by atoms with E-state index in [1.165, 1.54) is 6.20 Å². The van der Waals surface area contributed by atoms with Crippen LogP contribution in [0.5, 0.6) is 0 Å². The van der Waals surface area contributed by atoms with Crippen LogP contribution in [0.1, 0.15) is 5.82 Å². The second-order valence-corrected chi connectivity index (χ2v) is 2.01. The van der Waals surface area contributed by atoms with E-state index in [0.29, 0.717) is 17.6 Å². The first-order valence-corrected chi connectivity index (χ1v) is 3.09. The van der Waals surface area contributed by atoms with Gasteiger partial charge in [0.1, 0.15) is 11.8 Å². The molecule has 0 saturated heterocycles. The highest BCUT2D eigenvalue weighted by Crippen LogP contribution is 2.01. The highest BCUT2D eigenvalue weighted by molar-refractivity contribution is 6.29. The maximum absolute atomic E-state index is 5.52. The molecule has 1 aromatic rings. The van der Waals surface area contributed by atoms with Gasteiger partial charge < -0.3 is 4.74 Å². The topological polar surface area (TPSA) is 35.0 Å². The molecule has 0 unspecified atom stereocenters. The second kappa shape index (κ2) is 3.49. The maximum atomic E-state index is 5.52. The number of ether oxygens (including phenoxy) is 1. The van der Waals surface area contributed by atoms with Crippen LogP contribution in [0, 0.1) is 6.07 Å². The van der Waals surface area contributed by atoms with E-state index in [2.05, 4.69) is 16.0 Å². The quantitative estimate of drug-likeness (QED) is 0.603. The van der Waals surface area contributed by atoms with Crippen molar-refractivity contribution in [1.82, 2.24) is 9.97 Å². The molecule has 0 amide bonds. The van der Waals surface area contributed by atoms with E-state index >= 15 is 0 Å². The molecule has 3 nitrogen and oxygen atoms in total. The Bertz CT molecular complexity index is 217. The Kier molecular flexibility index (Phi) is 2.59. The molecule has 0 aliphatic rings. The van der Waals surface area contributed by atoms with Crippen LogP contribution in [-0.4, -0.2) is 17.1 Å². The first kappa shape index (κ1) is 7.44. The maximum Gasteiger partial charge on any atom is 0.155 e. The molecule has 0 aliphatic heterocycles. The van der Waals surface area contributed by atoms with Crippen LogP contribution < -0.4 is 0 Å². The molecule has 0 fully saturated rings. The smallest absolute Gasteiger partial charge is 0.155 e. The fraction of sp³-hybridized carbons (Fsp3) is 0.333. The van der Waals surface area contributed by atoms with Gasteiger partial charge in [-0.2, -0.15) is 0 Å². The highest BCUT2D eigenvalue weighted by Gasteiger charge is 1.94. The van der Waals surface area contributed by atoms with Gasteiger partial charge in [0.15, 0.2) is 5.82 Å². The summed E-state index contributed by atoms with van der Waals surface area (Å²) >= 11 is 5.52. The van der Waals surface area contributed by atoms with Crippen LogP contribution in [-0.2, 0) is 11.3 Å². The molecule has 0 spiro atoms. The lowest BCUT2D eigenvalue weighted by Crippen LogP contribution is -1.95. The van der Waals surface area contributed by atoms with E-state index in [-0.39, 0.29) is 0 Å². The molecule has 0 atom stereocenters. The van der Waals surface area contributed by atoms with Crippen LogP contribution in [0.25, 0.3) is 0 Å². The molecular formula is C6H6ClN2O. The van der Waals surface area contributed by atoms with Crippen molar-refractivity contribution in [3.05, 3.63) is 23.2 Å². The van der Waals surface area contributed by atoms with E-state index in [0.717, 1.165) is 0 Å². The summed E-state index contributed by atoms with van der Waals surface area (Å²) in [6, 6.07) is 2.62. The van der Waals surface area contributed by atoms with Crippen LogP contribution in [0.2, 0.25) is 5.15 Å². The van der Waals surface area contributed by atoms with Gasteiger partial charge in [-0.3, -0.25) is 0 Å². The van der Waals surface area contributed by atoms with Crippen LogP contribution in [0.4, 0.5) is 0 Å². The summed E-state index contributed by atoms with van der Waals surface area (Å²) in [5.41, 5.74) is 0. The van der Waals surface area contributed by atoms with E-state index in [4.69, 9.17) is 16.3 Å². The van der Waals surface area contributed by atoms with Gasteiger partial charge in [0.2, 0.25) is 0 Å². The molecule has 1 rings (SSSR count). The number of rotatable bonds is 2. The minimum atomic E-state index is 0.321. The van der Waals surface area contributed by atoms with E-state index in [9.17, 15) is 0 Å². The average molecular weight is 158 g/mol. The molecule has 1 heterocycles. The van der Waals surface area contributed by atoms with Gasteiger partial charge in [-0.15, -0.1) is 0 Å². The SMILES string of the molecule is COCc1nc[c]c(Cl)n1. The number of hydrogen-bond donors (Lipinski definition) is 0.